The highest BCUT2D eigenvalue weighted by molar-refractivity contribution is 6.30. The van der Waals surface area contributed by atoms with Crippen LogP contribution >= 0.6 is 11.6 Å². The number of fused-ring (bicyclic) bond motifs is 1. The second kappa shape index (κ2) is 8.47. The van der Waals surface area contributed by atoms with Crippen molar-refractivity contribution in [2.75, 3.05) is 11.4 Å². The molecule has 0 saturated heterocycles. The van der Waals surface area contributed by atoms with Crippen LogP contribution in [0.15, 0.2) is 73.1 Å². The molecule has 2 heterocycles. The first-order chi connectivity index (χ1) is 15.3. The molecule has 3 aromatic rings. The topological polar surface area (TPSA) is 36.4 Å². The lowest BCUT2D eigenvalue weighted by Crippen LogP contribution is -2.61. The Hall–Kier alpha value is -3.06. The molecule has 0 bridgehead atoms. The zero-order chi connectivity index (χ0) is 22.9. The number of urea groups is 1. The third kappa shape index (κ3) is 3.93. The molecule has 0 spiro atoms. The minimum atomic E-state index is -4.58. The molecule has 8 heteroatoms. The molecule has 32 heavy (non-hydrogen) atoms. The molecule has 2 amide bonds. The monoisotopic (exact) mass is 459 g/mol. The number of hydrogen-bond acceptors (Lipinski definition) is 2. The number of carbonyl (C=O) groups excluding carboxylic acids is 1. The molecular weight excluding hydrogens is 439 g/mol. The molecule has 1 unspecified atom stereocenters. The van der Waals surface area contributed by atoms with Crippen LogP contribution in [0.5, 0.6) is 0 Å². The smallest absolute Gasteiger partial charge is 0.301 e. The van der Waals surface area contributed by atoms with E-state index in [2.05, 4.69) is 4.98 Å². The molecule has 1 aliphatic rings. The van der Waals surface area contributed by atoms with Crippen LogP contribution in [0.3, 0.4) is 0 Å². The highest BCUT2D eigenvalue weighted by atomic mass is 35.5. The number of hydrogen-bond donors (Lipinski definition) is 0. The number of alkyl halides is 3. The van der Waals surface area contributed by atoms with Gasteiger partial charge in [0.1, 0.15) is 6.54 Å². The van der Waals surface area contributed by atoms with Crippen molar-refractivity contribution in [1.29, 1.82) is 0 Å². The number of halogens is 4. The van der Waals surface area contributed by atoms with Gasteiger partial charge in [-0.25, -0.2) is 4.79 Å². The van der Waals surface area contributed by atoms with Crippen molar-refractivity contribution in [1.82, 2.24) is 9.88 Å². The van der Waals surface area contributed by atoms with E-state index in [1.54, 1.807) is 80.0 Å². The second-order valence-corrected chi connectivity index (χ2v) is 8.10. The van der Waals surface area contributed by atoms with Crippen LogP contribution in [-0.2, 0) is 12.1 Å². The summed E-state index contributed by atoms with van der Waals surface area (Å²) in [6, 6.07) is 16.6. The van der Waals surface area contributed by atoms with Crippen LogP contribution in [0.2, 0.25) is 5.02 Å². The molecule has 0 aliphatic carbocycles. The maximum Gasteiger partial charge on any atom is 0.406 e. The Bertz CT molecular complexity index is 1110. The maximum absolute atomic E-state index is 13.8. The fraction of sp³-hybridized carbons (Fsp3) is 0.250. The molecule has 1 atom stereocenters. The highest BCUT2D eigenvalue weighted by Crippen LogP contribution is 2.49. The number of anilines is 1. The molecule has 0 N–H and O–H groups in total. The zero-order valence-corrected chi connectivity index (χ0v) is 18.1. The maximum atomic E-state index is 13.8. The fourth-order valence-corrected chi connectivity index (χ4v) is 4.62. The summed E-state index contributed by atoms with van der Waals surface area (Å²) in [5.74, 6) is 0. The van der Waals surface area contributed by atoms with Gasteiger partial charge in [0.15, 0.2) is 0 Å². The molecule has 166 valence electrons. The van der Waals surface area contributed by atoms with Crippen molar-refractivity contribution >= 4 is 23.3 Å². The van der Waals surface area contributed by atoms with Gasteiger partial charge in [0.25, 0.3) is 0 Å². The SMILES string of the molecule is CCC1(c2ccccc2)c2cc(Cl)ccc2N(Cc2ccncc2)C(=O)N1CC(F)(F)F. The minimum absolute atomic E-state index is 0.110. The van der Waals surface area contributed by atoms with Crippen molar-refractivity contribution < 1.29 is 18.0 Å². The predicted octanol–water partition coefficient (Wildman–Crippen LogP) is 6.39. The van der Waals surface area contributed by atoms with Gasteiger partial charge >= 0.3 is 12.2 Å². The Labute approximate surface area is 189 Å². The summed E-state index contributed by atoms with van der Waals surface area (Å²) >= 11 is 6.32. The fourth-order valence-electron chi connectivity index (χ4n) is 4.45. The van der Waals surface area contributed by atoms with Crippen LogP contribution in [0.1, 0.15) is 30.0 Å². The zero-order valence-electron chi connectivity index (χ0n) is 17.3. The summed E-state index contributed by atoms with van der Waals surface area (Å²) in [7, 11) is 0. The lowest BCUT2D eigenvalue weighted by molar-refractivity contribution is -0.149. The van der Waals surface area contributed by atoms with Gasteiger partial charge in [-0.15, -0.1) is 0 Å². The van der Waals surface area contributed by atoms with E-state index >= 15 is 0 Å². The summed E-state index contributed by atoms with van der Waals surface area (Å²) in [6.07, 6.45) is -1.17. The van der Waals surface area contributed by atoms with E-state index in [9.17, 15) is 18.0 Å². The summed E-state index contributed by atoms with van der Waals surface area (Å²) in [5.41, 5.74) is 1.15. The van der Waals surface area contributed by atoms with Gasteiger partial charge in [0.05, 0.1) is 17.8 Å². The standard InChI is InChI=1S/C24H21ClF3N3O/c1-2-23(18-6-4-3-5-7-18)20-14-19(25)8-9-21(20)30(15-17-10-12-29-13-11-17)22(32)31(23)16-24(26,27)28/h3-14H,2,15-16H2,1H3. The average molecular weight is 460 g/mol. The Morgan fingerprint density at radius 1 is 1.03 bits per heavy atom. The van der Waals surface area contributed by atoms with Gasteiger partial charge in [-0.3, -0.25) is 9.88 Å². The number of carbonyl (C=O) groups is 1. The van der Waals surface area contributed by atoms with Gasteiger partial charge in [0, 0.05) is 23.0 Å². The van der Waals surface area contributed by atoms with E-state index in [0.717, 1.165) is 10.5 Å². The van der Waals surface area contributed by atoms with E-state index in [4.69, 9.17) is 11.6 Å². The van der Waals surface area contributed by atoms with E-state index in [1.807, 2.05) is 0 Å². The van der Waals surface area contributed by atoms with Crippen molar-refractivity contribution in [2.45, 2.75) is 31.6 Å². The summed E-state index contributed by atoms with van der Waals surface area (Å²) in [5, 5.41) is 0.391. The van der Waals surface area contributed by atoms with Crippen molar-refractivity contribution in [3.8, 4) is 0 Å². The third-order valence-corrected chi connectivity index (χ3v) is 6.04. The Kier molecular flexibility index (Phi) is 5.86. The summed E-state index contributed by atoms with van der Waals surface area (Å²) in [4.78, 5) is 20.0. The van der Waals surface area contributed by atoms with Crippen LogP contribution in [0.4, 0.5) is 23.7 Å². The van der Waals surface area contributed by atoms with Crippen LogP contribution in [-0.4, -0.2) is 28.6 Å². The van der Waals surface area contributed by atoms with Crippen molar-refractivity contribution in [3.05, 3.63) is 94.8 Å². The molecule has 1 aromatic heterocycles. The molecule has 1 aliphatic heterocycles. The number of pyridine rings is 1. The predicted molar refractivity (Wildman–Crippen MR) is 118 cm³/mol. The number of benzene rings is 2. The Morgan fingerprint density at radius 3 is 2.34 bits per heavy atom. The van der Waals surface area contributed by atoms with Gasteiger partial charge in [-0.05, 0) is 47.9 Å². The number of aromatic nitrogens is 1. The highest BCUT2D eigenvalue weighted by Gasteiger charge is 2.52. The first kappa shape index (κ1) is 22.1. The number of rotatable bonds is 5. The second-order valence-electron chi connectivity index (χ2n) is 7.67. The van der Waals surface area contributed by atoms with E-state index < -0.39 is 24.3 Å². The lowest BCUT2D eigenvalue weighted by Gasteiger charge is -2.51. The summed E-state index contributed by atoms with van der Waals surface area (Å²) in [6.45, 7) is 0.513. The van der Waals surface area contributed by atoms with Gasteiger partial charge < -0.3 is 4.90 Å². The average Bonchev–Trinajstić information content (AvgIpc) is 2.78. The van der Waals surface area contributed by atoms with Gasteiger partial charge in [-0.1, -0.05) is 48.9 Å². The van der Waals surface area contributed by atoms with Crippen LogP contribution in [0, 0.1) is 0 Å². The quantitative estimate of drug-likeness (QED) is 0.443. The Balaban J connectivity index is 1.97. The molecular formula is C24H21ClF3N3O. The third-order valence-electron chi connectivity index (χ3n) is 5.81. The molecule has 4 rings (SSSR count). The van der Waals surface area contributed by atoms with Crippen LogP contribution < -0.4 is 4.90 Å². The molecule has 0 radical (unpaired) electrons. The van der Waals surface area contributed by atoms with Gasteiger partial charge in [0.2, 0.25) is 0 Å². The van der Waals surface area contributed by atoms with Crippen molar-refractivity contribution in [2.24, 2.45) is 0 Å². The number of amides is 2. The Morgan fingerprint density at radius 2 is 1.72 bits per heavy atom. The van der Waals surface area contributed by atoms with Gasteiger partial charge in [-0.2, -0.15) is 13.2 Å². The first-order valence-electron chi connectivity index (χ1n) is 10.2. The molecule has 0 fully saturated rings. The molecule has 4 nitrogen and oxygen atoms in total. The molecule has 0 saturated carbocycles. The van der Waals surface area contributed by atoms with E-state index in [1.165, 1.54) is 4.90 Å². The summed E-state index contributed by atoms with van der Waals surface area (Å²) < 4.78 is 41.3. The lowest BCUT2D eigenvalue weighted by atomic mass is 9.76. The van der Waals surface area contributed by atoms with Crippen LogP contribution in [0.25, 0.3) is 0 Å². The van der Waals surface area contributed by atoms with Crippen molar-refractivity contribution in [3.63, 3.8) is 0 Å². The van der Waals surface area contributed by atoms with E-state index in [-0.39, 0.29) is 13.0 Å². The number of nitrogens with zero attached hydrogens (tertiary/aromatic N) is 3. The largest absolute Gasteiger partial charge is 0.406 e. The minimum Gasteiger partial charge on any atom is -0.301 e. The van der Waals surface area contributed by atoms with E-state index in [0.29, 0.717) is 21.8 Å². The normalized spacial score (nSPS) is 18.6. The first-order valence-corrected chi connectivity index (χ1v) is 10.5. The molecule has 2 aromatic carbocycles.